The molecule has 0 radical (unpaired) electrons. The van der Waals surface area contributed by atoms with Crippen molar-refractivity contribution in [1.82, 2.24) is 15.2 Å². The van der Waals surface area contributed by atoms with Crippen LogP contribution in [0.4, 0.5) is 0 Å². The van der Waals surface area contributed by atoms with Gasteiger partial charge in [0.2, 0.25) is 0 Å². The number of nitrogens with one attached hydrogen (secondary N) is 1. The molecule has 1 aliphatic heterocycles. The van der Waals surface area contributed by atoms with E-state index in [1.165, 1.54) is 36.8 Å². The summed E-state index contributed by atoms with van der Waals surface area (Å²) in [6.45, 7) is 2.63. The predicted octanol–water partition coefficient (Wildman–Crippen LogP) is 2.96. The fourth-order valence-corrected chi connectivity index (χ4v) is 4.63. The SMILES string of the molecule is O=C(NC[C@H](O)CN1CCc2ccccc2C1)c1ccnc(CC2CCCC2)c1. The number of hydrogen-bond acceptors (Lipinski definition) is 4. The standard InChI is InChI=1S/C24H31N3O2/c28-23(17-27-12-10-19-7-3-4-8-21(19)16-27)15-26-24(29)20-9-11-25-22(14-20)13-18-5-1-2-6-18/h3-4,7-9,11,14,18,23,28H,1-2,5-6,10,12-13,15-17H2,(H,26,29)/t23-/m0/s1. The summed E-state index contributed by atoms with van der Waals surface area (Å²) in [5.41, 5.74) is 4.36. The van der Waals surface area contributed by atoms with Gasteiger partial charge >= 0.3 is 0 Å². The molecule has 1 amide bonds. The van der Waals surface area contributed by atoms with Gasteiger partial charge in [-0.25, -0.2) is 0 Å². The Morgan fingerprint density at radius 2 is 2.00 bits per heavy atom. The molecule has 1 fully saturated rings. The molecule has 5 nitrogen and oxygen atoms in total. The summed E-state index contributed by atoms with van der Waals surface area (Å²) in [4.78, 5) is 19.2. The number of fused-ring (bicyclic) bond motifs is 1. The van der Waals surface area contributed by atoms with Gasteiger partial charge in [-0.1, -0.05) is 49.9 Å². The van der Waals surface area contributed by atoms with Crippen LogP contribution in [0.3, 0.4) is 0 Å². The van der Waals surface area contributed by atoms with Gasteiger partial charge in [-0.15, -0.1) is 0 Å². The van der Waals surface area contributed by atoms with Crippen LogP contribution >= 0.6 is 0 Å². The van der Waals surface area contributed by atoms with Crippen molar-refractivity contribution < 1.29 is 9.90 Å². The van der Waals surface area contributed by atoms with Gasteiger partial charge in [0.15, 0.2) is 0 Å². The highest BCUT2D eigenvalue weighted by molar-refractivity contribution is 5.94. The average Bonchev–Trinajstić information content (AvgIpc) is 3.25. The molecule has 1 atom stereocenters. The molecule has 154 valence electrons. The number of aliphatic hydroxyl groups excluding tert-OH is 1. The molecule has 2 heterocycles. The van der Waals surface area contributed by atoms with Crippen LogP contribution in [0, 0.1) is 5.92 Å². The maximum Gasteiger partial charge on any atom is 0.251 e. The third-order valence-corrected chi connectivity index (χ3v) is 6.23. The Morgan fingerprint density at radius 1 is 1.21 bits per heavy atom. The molecule has 0 unspecified atom stereocenters. The van der Waals surface area contributed by atoms with Crippen molar-refractivity contribution in [3.05, 3.63) is 65.0 Å². The molecule has 1 saturated carbocycles. The zero-order valence-corrected chi connectivity index (χ0v) is 17.0. The third kappa shape index (κ3) is 5.43. The normalized spacial score (nSPS) is 18.4. The second-order valence-corrected chi connectivity index (χ2v) is 8.51. The molecule has 0 spiro atoms. The van der Waals surface area contributed by atoms with Crippen LogP contribution in [0.5, 0.6) is 0 Å². The van der Waals surface area contributed by atoms with Crippen molar-refractivity contribution >= 4 is 5.91 Å². The smallest absolute Gasteiger partial charge is 0.251 e. The highest BCUT2D eigenvalue weighted by Crippen LogP contribution is 2.27. The van der Waals surface area contributed by atoms with Gasteiger partial charge < -0.3 is 10.4 Å². The number of pyridine rings is 1. The molecule has 0 bridgehead atoms. The fourth-order valence-electron chi connectivity index (χ4n) is 4.63. The Labute approximate surface area is 173 Å². The highest BCUT2D eigenvalue weighted by Gasteiger charge is 2.20. The monoisotopic (exact) mass is 393 g/mol. The Balaban J connectivity index is 1.25. The number of rotatable bonds is 7. The summed E-state index contributed by atoms with van der Waals surface area (Å²) in [5, 5.41) is 13.3. The van der Waals surface area contributed by atoms with E-state index >= 15 is 0 Å². The van der Waals surface area contributed by atoms with Gasteiger partial charge in [-0.2, -0.15) is 0 Å². The zero-order chi connectivity index (χ0) is 20.1. The minimum atomic E-state index is -0.580. The summed E-state index contributed by atoms with van der Waals surface area (Å²) in [6, 6.07) is 12.1. The molecule has 5 heteroatoms. The van der Waals surface area contributed by atoms with Gasteiger partial charge in [-0.05, 0) is 42.0 Å². The number of amides is 1. The van der Waals surface area contributed by atoms with Crippen LogP contribution in [0.1, 0.15) is 52.9 Å². The van der Waals surface area contributed by atoms with E-state index in [1.54, 1.807) is 12.3 Å². The predicted molar refractivity (Wildman–Crippen MR) is 114 cm³/mol. The van der Waals surface area contributed by atoms with Gasteiger partial charge in [-0.3, -0.25) is 14.7 Å². The largest absolute Gasteiger partial charge is 0.390 e. The number of benzene rings is 1. The van der Waals surface area contributed by atoms with E-state index in [2.05, 4.69) is 39.5 Å². The van der Waals surface area contributed by atoms with Gasteiger partial charge in [0.25, 0.3) is 5.91 Å². The quantitative estimate of drug-likeness (QED) is 0.759. The summed E-state index contributed by atoms with van der Waals surface area (Å²) < 4.78 is 0. The molecule has 29 heavy (non-hydrogen) atoms. The number of carbonyl (C=O) groups is 1. The summed E-state index contributed by atoms with van der Waals surface area (Å²) in [5.74, 6) is 0.570. The van der Waals surface area contributed by atoms with Crippen LogP contribution in [0.15, 0.2) is 42.6 Å². The van der Waals surface area contributed by atoms with Crippen LogP contribution in [-0.4, -0.2) is 46.6 Å². The van der Waals surface area contributed by atoms with Gasteiger partial charge in [0, 0.05) is 43.6 Å². The van der Waals surface area contributed by atoms with Crippen molar-refractivity contribution in [3.8, 4) is 0 Å². The second-order valence-electron chi connectivity index (χ2n) is 8.51. The van der Waals surface area contributed by atoms with Gasteiger partial charge in [0.1, 0.15) is 0 Å². The van der Waals surface area contributed by atoms with E-state index < -0.39 is 6.10 Å². The van der Waals surface area contributed by atoms with E-state index in [0.717, 1.165) is 31.6 Å². The molecule has 2 aromatic rings. The number of β-amino-alcohol motifs (C(OH)–C–C–N with tert-alkyl or cyclic N) is 1. The van der Waals surface area contributed by atoms with Crippen molar-refractivity contribution in [2.45, 2.75) is 51.2 Å². The van der Waals surface area contributed by atoms with Crippen molar-refractivity contribution in [2.75, 3.05) is 19.6 Å². The molecule has 2 aliphatic rings. The Kier molecular flexibility index (Phi) is 6.57. The van der Waals surface area contributed by atoms with E-state index in [-0.39, 0.29) is 12.5 Å². The average molecular weight is 394 g/mol. The maximum absolute atomic E-state index is 12.5. The lowest BCUT2D eigenvalue weighted by Crippen LogP contribution is -2.42. The lowest BCUT2D eigenvalue weighted by Gasteiger charge is -2.30. The van der Waals surface area contributed by atoms with Crippen molar-refractivity contribution in [2.24, 2.45) is 5.92 Å². The van der Waals surface area contributed by atoms with E-state index in [1.807, 2.05) is 6.07 Å². The Hall–Kier alpha value is -2.24. The third-order valence-electron chi connectivity index (χ3n) is 6.23. The first kappa shape index (κ1) is 20.0. The zero-order valence-electron chi connectivity index (χ0n) is 17.0. The molecular weight excluding hydrogens is 362 g/mol. The lowest BCUT2D eigenvalue weighted by molar-refractivity contribution is 0.0841. The Bertz CT molecular complexity index is 832. The van der Waals surface area contributed by atoms with E-state index in [0.29, 0.717) is 18.0 Å². The minimum absolute atomic E-state index is 0.136. The van der Waals surface area contributed by atoms with E-state index in [9.17, 15) is 9.90 Å². The number of hydrogen-bond donors (Lipinski definition) is 2. The van der Waals surface area contributed by atoms with Crippen LogP contribution < -0.4 is 5.32 Å². The first-order chi connectivity index (χ1) is 14.2. The number of nitrogens with zero attached hydrogens (tertiary/aromatic N) is 2. The molecule has 2 N–H and O–H groups in total. The molecule has 1 aliphatic carbocycles. The van der Waals surface area contributed by atoms with Crippen LogP contribution in [0.25, 0.3) is 0 Å². The highest BCUT2D eigenvalue weighted by atomic mass is 16.3. The van der Waals surface area contributed by atoms with Gasteiger partial charge in [0.05, 0.1) is 6.10 Å². The molecule has 1 aromatic carbocycles. The molecule has 4 rings (SSSR count). The van der Waals surface area contributed by atoms with E-state index in [4.69, 9.17) is 0 Å². The number of aromatic nitrogens is 1. The summed E-state index contributed by atoms with van der Waals surface area (Å²) in [7, 11) is 0. The minimum Gasteiger partial charge on any atom is -0.390 e. The fraction of sp³-hybridized carbons (Fsp3) is 0.500. The maximum atomic E-state index is 12.5. The topological polar surface area (TPSA) is 65.5 Å². The second kappa shape index (κ2) is 9.51. The van der Waals surface area contributed by atoms with Crippen LogP contribution in [0.2, 0.25) is 0 Å². The summed E-state index contributed by atoms with van der Waals surface area (Å²) in [6.07, 6.45) is 8.27. The first-order valence-electron chi connectivity index (χ1n) is 10.9. The molecule has 1 aromatic heterocycles. The lowest BCUT2D eigenvalue weighted by atomic mass is 10.00. The van der Waals surface area contributed by atoms with Crippen molar-refractivity contribution in [1.29, 1.82) is 0 Å². The summed E-state index contributed by atoms with van der Waals surface area (Å²) >= 11 is 0. The molecular formula is C24H31N3O2. The number of aliphatic hydroxyl groups is 1. The Morgan fingerprint density at radius 3 is 2.83 bits per heavy atom. The van der Waals surface area contributed by atoms with Crippen LogP contribution in [-0.2, 0) is 19.4 Å². The first-order valence-corrected chi connectivity index (χ1v) is 10.9. The number of carbonyl (C=O) groups excluding carboxylic acids is 1. The van der Waals surface area contributed by atoms with Crippen molar-refractivity contribution in [3.63, 3.8) is 0 Å². The molecule has 0 saturated heterocycles.